The first-order valence-electron chi connectivity index (χ1n) is 15.7. The van der Waals surface area contributed by atoms with E-state index in [-0.39, 0.29) is 42.3 Å². The van der Waals surface area contributed by atoms with Crippen molar-refractivity contribution in [3.8, 4) is 22.6 Å². The Bertz CT molecular complexity index is 1790. The molecule has 3 aliphatic rings. The van der Waals surface area contributed by atoms with Crippen LogP contribution in [0.5, 0.6) is 11.5 Å². The molecule has 5 rings (SSSR count). The van der Waals surface area contributed by atoms with Crippen LogP contribution in [0.4, 0.5) is 4.79 Å². The Labute approximate surface area is 278 Å². The molecular formula is C35H42N4O9. The number of aromatic hydroxyl groups is 1. The van der Waals surface area contributed by atoms with Crippen LogP contribution in [0.1, 0.15) is 50.8 Å². The third-order valence-corrected chi connectivity index (χ3v) is 9.20. The quantitative estimate of drug-likeness (QED) is 0.215. The molecule has 0 spiro atoms. The highest BCUT2D eigenvalue weighted by Gasteiger charge is 2.64. The molecule has 13 heteroatoms. The Morgan fingerprint density at radius 3 is 2.40 bits per heavy atom. The van der Waals surface area contributed by atoms with E-state index in [1.165, 1.54) is 11.0 Å². The van der Waals surface area contributed by atoms with Crippen molar-refractivity contribution in [3.05, 3.63) is 63.9 Å². The molecule has 3 amide bonds. The maximum atomic E-state index is 14.1. The van der Waals surface area contributed by atoms with Gasteiger partial charge in [-0.1, -0.05) is 12.1 Å². The van der Waals surface area contributed by atoms with Crippen molar-refractivity contribution >= 4 is 29.3 Å². The highest BCUT2D eigenvalue weighted by Crippen LogP contribution is 2.53. The molecule has 4 atom stereocenters. The van der Waals surface area contributed by atoms with Crippen molar-refractivity contribution in [2.75, 3.05) is 20.7 Å². The first kappa shape index (κ1) is 34.5. The van der Waals surface area contributed by atoms with E-state index in [0.717, 1.165) is 0 Å². The molecular weight excluding hydrogens is 620 g/mol. The number of fused-ring (bicyclic) bond motifs is 3. The number of nitrogens with two attached hydrogens (primary N) is 1. The predicted octanol–water partition coefficient (Wildman–Crippen LogP) is 2.63. The first-order valence-corrected chi connectivity index (χ1v) is 15.7. The number of ether oxygens (including phenoxy) is 1. The number of hydrogen-bond donors (Lipinski definition) is 7. The zero-order valence-corrected chi connectivity index (χ0v) is 27.8. The fourth-order valence-electron chi connectivity index (χ4n) is 7.26. The van der Waals surface area contributed by atoms with E-state index >= 15 is 0 Å². The van der Waals surface area contributed by atoms with Crippen LogP contribution < -0.4 is 21.1 Å². The smallest absolute Gasteiger partial charge is 0.315 e. The normalized spacial score (nSPS) is 23.8. The lowest BCUT2D eigenvalue weighted by Crippen LogP contribution is -2.65. The Hall–Kier alpha value is -4.88. The SMILES string of the molecule is CCOc1ccc(-c2ccc(O)c3c2C[C@H]2C[C@H]4C(N(C)C)C(=O)C(C(N)=O)=C(O)[C@@]4(O)C(=O)C2=C3O)cc1CNC(=O)NC(C)(C)C. The Kier molecular flexibility index (Phi) is 8.82. The Morgan fingerprint density at radius 1 is 1.10 bits per heavy atom. The first-order chi connectivity index (χ1) is 22.4. The molecule has 8 N–H and O–H groups in total. The average molecular weight is 663 g/mol. The minimum absolute atomic E-state index is 0.0121. The molecule has 0 aliphatic heterocycles. The number of phenols is 1. The van der Waals surface area contributed by atoms with Gasteiger partial charge in [-0.2, -0.15) is 0 Å². The number of hydrogen-bond acceptors (Lipinski definition) is 10. The van der Waals surface area contributed by atoms with Crippen LogP contribution in [-0.4, -0.2) is 86.7 Å². The molecule has 0 bridgehead atoms. The van der Waals surface area contributed by atoms with Gasteiger partial charge in [-0.3, -0.25) is 19.3 Å². The number of nitrogens with zero attached hydrogens (tertiary/aromatic N) is 1. The molecule has 2 aromatic rings. The van der Waals surface area contributed by atoms with Gasteiger partial charge in [0.15, 0.2) is 11.4 Å². The van der Waals surface area contributed by atoms with Crippen molar-refractivity contribution in [1.29, 1.82) is 0 Å². The highest BCUT2D eigenvalue weighted by atomic mass is 16.5. The largest absolute Gasteiger partial charge is 0.508 e. The number of likely N-dealkylation sites (N-methyl/N-ethyl adjacent to an activating group) is 1. The lowest BCUT2D eigenvalue weighted by Gasteiger charge is -2.50. The number of primary amides is 1. The van der Waals surface area contributed by atoms with Crippen LogP contribution in [0.15, 0.2) is 47.2 Å². The molecule has 1 saturated carbocycles. The van der Waals surface area contributed by atoms with Gasteiger partial charge in [-0.15, -0.1) is 0 Å². The molecule has 13 nitrogen and oxygen atoms in total. The van der Waals surface area contributed by atoms with E-state index in [2.05, 4.69) is 10.6 Å². The molecule has 256 valence electrons. The molecule has 1 unspecified atom stereocenters. The molecule has 3 aliphatic carbocycles. The zero-order valence-electron chi connectivity index (χ0n) is 27.8. The van der Waals surface area contributed by atoms with E-state index in [1.807, 2.05) is 39.8 Å². The third kappa shape index (κ3) is 5.66. The molecule has 48 heavy (non-hydrogen) atoms. The van der Waals surface area contributed by atoms with Crippen LogP contribution >= 0.6 is 0 Å². The third-order valence-electron chi connectivity index (χ3n) is 9.20. The number of Topliss-reactive ketones (excluding diaryl/α,β-unsaturated/α-hetero) is 2. The van der Waals surface area contributed by atoms with Gasteiger partial charge in [0.05, 0.1) is 18.2 Å². The van der Waals surface area contributed by atoms with Crippen LogP contribution in [0.25, 0.3) is 16.9 Å². The molecule has 0 aromatic heterocycles. The Morgan fingerprint density at radius 2 is 1.79 bits per heavy atom. The number of carbonyl (C=O) groups is 4. The number of benzene rings is 2. The Balaban J connectivity index is 1.62. The summed E-state index contributed by atoms with van der Waals surface area (Å²) in [6.45, 7) is 7.98. The van der Waals surface area contributed by atoms with Crippen LogP contribution in [0.2, 0.25) is 0 Å². The topological polar surface area (TPSA) is 212 Å². The van der Waals surface area contributed by atoms with E-state index in [4.69, 9.17) is 10.5 Å². The van der Waals surface area contributed by atoms with Gasteiger partial charge >= 0.3 is 6.03 Å². The number of rotatable bonds is 7. The summed E-state index contributed by atoms with van der Waals surface area (Å²) in [5, 5.41) is 51.2. The average Bonchev–Trinajstić information content (AvgIpc) is 2.97. The van der Waals surface area contributed by atoms with Crippen molar-refractivity contribution < 1.29 is 44.3 Å². The van der Waals surface area contributed by atoms with E-state index < -0.39 is 63.6 Å². The van der Waals surface area contributed by atoms with Gasteiger partial charge in [0.25, 0.3) is 5.91 Å². The van der Waals surface area contributed by atoms with Crippen molar-refractivity contribution in [1.82, 2.24) is 15.5 Å². The minimum Gasteiger partial charge on any atom is -0.508 e. The fraction of sp³-hybridized carbons (Fsp3) is 0.429. The second-order valence-electron chi connectivity index (χ2n) is 13.8. The van der Waals surface area contributed by atoms with E-state index in [0.29, 0.717) is 34.6 Å². The number of carbonyl (C=O) groups excluding carboxylic acids is 4. The summed E-state index contributed by atoms with van der Waals surface area (Å²) in [5.41, 5.74) is 3.66. The summed E-state index contributed by atoms with van der Waals surface area (Å²) < 4.78 is 5.82. The van der Waals surface area contributed by atoms with Crippen molar-refractivity contribution in [2.24, 2.45) is 17.6 Å². The number of urea groups is 1. The molecule has 0 radical (unpaired) electrons. The van der Waals surface area contributed by atoms with Crippen molar-refractivity contribution in [2.45, 2.75) is 64.3 Å². The number of nitrogens with one attached hydrogen (secondary N) is 2. The van der Waals surface area contributed by atoms with Gasteiger partial charge in [0, 0.05) is 29.1 Å². The summed E-state index contributed by atoms with van der Waals surface area (Å²) in [6.07, 6.45) is 0.106. The summed E-state index contributed by atoms with van der Waals surface area (Å²) in [5.74, 6) is -6.54. The predicted molar refractivity (Wildman–Crippen MR) is 176 cm³/mol. The molecule has 0 heterocycles. The number of amides is 3. The zero-order chi connectivity index (χ0) is 35.5. The van der Waals surface area contributed by atoms with Gasteiger partial charge in [-0.05, 0) is 95.4 Å². The van der Waals surface area contributed by atoms with Gasteiger partial charge < -0.3 is 41.5 Å². The second kappa shape index (κ2) is 12.3. The number of aliphatic hydroxyl groups is 3. The van der Waals surface area contributed by atoms with Crippen LogP contribution in [0.3, 0.4) is 0 Å². The number of aliphatic hydroxyl groups excluding tert-OH is 2. The monoisotopic (exact) mass is 662 g/mol. The van der Waals surface area contributed by atoms with Gasteiger partial charge in [0.1, 0.15) is 28.6 Å². The van der Waals surface area contributed by atoms with E-state index in [9.17, 15) is 39.6 Å². The molecule has 2 aromatic carbocycles. The molecule has 1 fully saturated rings. The van der Waals surface area contributed by atoms with Crippen LogP contribution in [-0.2, 0) is 27.3 Å². The minimum atomic E-state index is -2.71. The summed E-state index contributed by atoms with van der Waals surface area (Å²) in [4.78, 5) is 53.7. The second-order valence-corrected chi connectivity index (χ2v) is 13.8. The van der Waals surface area contributed by atoms with Crippen LogP contribution in [0, 0.1) is 11.8 Å². The van der Waals surface area contributed by atoms with Crippen molar-refractivity contribution in [3.63, 3.8) is 0 Å². The number of phenolic OH excluding ortho intramolecular Hbond substituents is 1. The fourth-order valence-corrected chi connectivity index (χ4v) is 7.26. The lowest BCUT2D eigenvalue weighted by atomic mass is 9.57. The van der Waals surface area contributed by atoms with Gasteiger partial charge in [-0.25, -0.2) is 4.79 Å². The van der Waals surface area contributed by atoms with E-state index in [1.54, 1.807) is 26.2 Å². The maximum Gasteiger partial charge on any atom is 0.315 e. The van der Waals surface area contributed by atoms with Gasteiger partial charge in [0.2, 0.25) is 5.78 Å². The standard InChI is InChI=1S/C35H42N4O9/c1-7-48-23-11-8-16(12-18(23)15-37-33(46)38-34(2,3)4)19-9-10-22(40)25-20(19)13-17-14-21-27(39(5)6)29(42)26(32(36)45)31(44)35(21,47)30(43)24(17)28(25)41/h8-12,17,21,27,40-41,44,47H,7,13-15H2,1-6H3,(H2,36,45)(H2,37,38,46)/t17-,21-,27?,35-/m0/s1. The maximum absolute atomic E-state index is 14.1. The summed E-state index contributed by atoms with van der Waals surface area (Å²) in [7, 11) is 3.10. The highest BCUT2D eigenvalue weighted by molar-refractivity contribution is 6.24. The number of ketones is 2. The molecule has 0 saturated heterocycles. The summed E-state index contributed by atoms with van der Waals surface area (Å²) in [6, 6.07) is 6.95. The lowest BCUT2D eigenvalue weighted by molar-refractivity contribution is -0.153. The summed E-state index contributed by atoms with van der Waals surface area (Å²) >= 11 is 0.